The summed E-state index contributed by atoms with van der Waals surface area (Å²) in [6, 6.07) is 1.61. The van der Waals surface area contributed by atoms with E-state index in [-0.39, 0.29) is 12.4 Å². The predicted octanol–water partition coefficient (Wildman–Crippen LogP) is -0.858. The van der Waals surface area contributed by atoms with Gasteiger partial charge in [-0.25, -0.2) is 4.79 Å². The van der Waals surface area contributed by atoms with Crippen molar-refractivity contribution in [3.63, 3.8) is 0 Å². The fraction of sp³-hybridized carbons (Fsp3) is 0.333. The van der Waals surface area contributed by atoms with Crippen LogP contribution in [0.3, 0.4) is 0 Å². The Balaban J connectivity index is 2.96. The topological polar surface area (TPSA) is 67.2 Å². The lowest BCUT2D eigenvalue weighted by atomic mass is 10.6. The molecule has 0 spiro atoms. The molecule has 0 saturated carbocycles. The van der Waals surface area contributed by atoms with Crippen LogP contribution < -0.4 is 11.0 Å². The van der Waals surface area contributed by atoms with E-state index in [0.717, 1.165) is 0 Å². The van der Waals surface area contributed by atoms with Gasteiger partial charge in [0.1, 0.15) is 12.5 Å². The number of hydrogen-bond acceptors (Lipinski definition) is 4. The van der Waals surface area contributed by atoms with Gasteiger partial charge in [-0.3, -0.25) is 0 Å². The molecule has 5 nitrogen and oxygen atoms in total. The summed E-state index contributed by atoms with van der Waals surface area (Å²) in [5.41, 5.74) is -0.344. The zero-order valence-electron chi connectivity index (χ0n) is 6.11. The van der Waals surface area contributed by atoms with Gasteiger partial charge in [-0.05, 0) is 6.07 Å². The molecule has 0 aromatic carbocycles. The van der Waals surface area contributed by atoms with Gasteiger partial charge in [-0.15, -0.1) is 0 Å². The summed E-state index contributed by atoms with van der Waals surface area (Å²) in [6.07, 6.45) is 1.58. The summed E-state index contributed by atoms with van der Waals surface area (Å²) >= 11 is 0. The van der Waals surface area contributed by atoms with Gasteiger partial charge in [0.15, 0.2) is 0 Å². The minimum absolute atomic E-state index is 0.222. The molecule has 0 radical (unpaired) electrons. The number of nitrogens with one attached hydrogen (secondary N) is 1. The van der Waals surface area contributed by atoms with Crippen molar-refractivity contribution in [3.05, 3.63) is 22.7 Å². The van der Waals surface area contributed by atoms with Gasteiger partial charge in [0.25, 0.3) is 0 Å². The largest absolute Gasteiger partial charge is 0.377 e. The molecule has 1 heterocycles. The third kappa shape index (κ3) is 1.78. The Labute approximate surface area is 63.3 Å². The van der Waals surface area contributed by atoms with Crippen LogP contribution in [0.25, 0.3) is 0 Å². The molecular formula is C6H9N3O2. The van der Waals surface area contributed by atoms with E-state index in [9.17, 15) is 4.79 Å². The maximum absolute atomic E-state index is 10.8. The SMILES string of the molecule is Cn1ccc(NCO)nc1=O. The molecule has 0 aliphatic rings. The van der Waals surface area contributed by atoms with Crippen LogP contribution in [-0.2, 0) is 7.05 Å². The van der Waals surface area contributed by atoms with Crippen LogP contribution in [0.1, 0.15) is 0 Å². The van der Waals surface area contributed by atoms with Gasteiger partial charge < -0.3 is 15.0 Å². The zero-order valence-corrected chi connectivity index (χ0v) is 6.11. The normalized spacial score (nSPS) is 9.64. The van der Waals surface area contributed by atoms with E-state index in [0.29, 0.717) is 5.82 Å². The van der Waals surface area contributed by atoms with Crippen molar-refractivity contribution in [2.24, 2.45) is 7.05 Å². The Morgan fingerprint density at radius 3 is 3.09 bits per heavy atom. The van der Waals surface area contributed by atoms with Crippen LogP contribution in [0.4, 0.5) is 5.82 Å². The molecule has 1 rings (SSSR count). The minimum Gasteiger partial charge on any atom is -0.377 e. The first-order chi connectivity index (χ1) is 5.24. The van der Waals surface area contributed by atoms with Crippen molar-refractivity contribution in [2.45, 2.75) is 0 Å². The van der Waals surface area contributed by atoms with Crippen molar-refractivity contribution < 1.29 is 5.11 Å². The summed E-state index contributed by atoms with van der Waals surface area (Å²) in [7, 11) is 1.61. The Bertz CT molecular complexity index is 294. The van der Waals surface area contributed by atoms with E-state index < -0.39 is 0 Å². The molecule has 11 heavy (non-hydrogen) atoms. The summed E-state index contributed by atoms with van der Waals surface area (Å²) in [4.78, 5) is 14.4. The highest BCUT2D eigenvalue weighted by Gasteiger charge is 1.93. The summed E-state index contributed by atoms with van der Waals surface area (Å²) in [6.45, 7) is -0.222. The number of hydrogen-bond donors (Lipinski definition) is 2. The van der Waals surface area contributed by atoms with E-state index >= 15 is 0 Å². The summed E-state index contributed by atoms with van der Waals surface area (Å²) in [5.74, 6) is 0.385. The van der Waals surface area contributed by atoms with Gasteiger partial charge in [0.05, 0.1) is 0 Å². The van der Waals surface area contributed by atoms with Gasteiger partial charge in [0.2, 0.25) is 0 Å². The molecular weight excluding hydrogens is 146 g/mol. The number of anilines is 1. The van der Waals surface area contributed by atoms with E-state index in [1.807, 2.05) is 0 Å². The van der Waals surface area contributed by atoms with Crippen LogP contribution in [0, 0.1) is 0 Å². The van der Waals surface area contributed by atoms with Gasteiger partial charge in [0, 0.05) is 13.2 Å². The third-order valence-electron chi connectivity index (χ3n) is 1.23. The lowest BCUT2D eigenvalue weighted by Crippen LogP contribution is -2.20. The number of aliphatic hydroxyl groups is 1. The summed E-state index contributed by atoms with van der Waals surface area (Å²) < 4.78 is 1.35. The van der Waals surface area contributed by atoms with E-state index in [4.69, 9.17) is 5.11 Å². The van der Waals surface area contributed by atoms with E-state index in [1.165, 1.54) is 4.57 Å². The Morgan fingerprint density at radius 1 is 1.82 bits per heavy atom. The van der Waals surface area contributed by atoms with Crippen LogP contribution in [-0.4, -0.2) is 21.4 Å². The molecule has 0 bridgehead atoms. The molecule has 0 unspecified atom stereocenters. The van der Waals surface area contributed by atoms with Crippen LogP contribution in [0.5, 0.6) is 0 Å². The van der Waals surface area contributed by atoms with Gasteiger partial charge >= 0.3 is 5.69 Å². The summed E-state index contributed by atoms with van der Waals surface area (Å²) in [5, 5.41) is 10.9. The first-order valence-corrected chi connectivity index (χ1v) is 3.12. The average molecular weight is 155 g/mol. The molecule has 0 amide bonds. The van der Waals surface area contributed by atoms with Crippen molar-refractivity contribution in [1.29, 1.82) is 0 Å². The molecule has 5 heteroatoms. The lowest BCUT2D eigenvalue weighted by molar-refractivity contribution is 0.325. The molecule has 0 atom stereocenters. The molecule has 1 aromatic heterocycles. The number of rotatable bonds is 2. The minimum atomic E-state index is -0.344. The molecule has 2 N–H and O–H groups in total. The Morgan fingerprint density at radius 2 is 2.55 bits per heavy atom. The highest BCUT2D eigenvalue weighted by Crippen LogP contribution is 1.93. The monoisotopic (exact) mass is 155 g/mol. The predicted molar refractivity (Wildman–Crippen MR) is 40.2 cm³/mol. The van der Waals surface area contributed by atoms with Gasteiger partial charge in [-0.2, -0.15) is 4.98 Å². The fourth-order valence-corrected chi connectivity index (χ4v) is 0.645. The van der Waals surface area contributed by atoms with Crippen LogP contribution in [0.15, 0.2) is 17.1 Å². The van der Waals surface area contributed by atoms with E-state index in [2.05, 4.69) is 10.3 Å². The smallest absolute Gasteiger partial charge is 0.349 e. The number of aliphatic hydroxyl groups excluding tert-OH is 1. The average Bonchev–Trinajstić information content (AvgIpc) is 1.98. The van der Waals surface area contributed by atoms with E-state index in [1.54, 1.807) is 19.3 Å². The second kappa shape index (κ2) is 3.16. The number of aromatic nitrogens is 2. The highest BCUT2D eigenvalue weighted by atomic mass is 16.3. The van der Waals surface area contributed by atoms with Crippen LogP contribution in [0.2, 0.25) is 0 Å². The van der Waals surface area contributed by atoms with Crippen LogP contribution >= 0.6 is 0 Å². The molecule has 0 aliphatic heterocycles. The Hall–Kier alpha value is -1.36. The highest BCUT2D eigenvalue weighted by molar-refractivity contribution is 5.30. The molecule has 1 aromatic rings. The number of aryl methyl sites for hydroxylation is 1. The second-order valence-corrected chi connectivity index (χ2v) is 2.04. The fourth-order valence-electron chi connectivity index (χ4n) is 0.645. The van der Waals surface area contributed by atoms with Crippen molar-refractivity contribution >= 4 is 5.82 Å². The molecule has 0 fully saturated rings. The first-order valence-electron chi connectivity index (χ1n) is 3.12. The van der Waals surface area contributed by atoms with Gasteiger partial charge in [-0.1, -0.05) is 0 Å². The Kier molecular flexibility index (Phi) is 2.22. The van der Waals surface area contributed by atoms with Crippen molar-refractivity contribution in [3.8, 4) is 0 Å². The van der Waals surface area contributed by atoms with Crippen molar-refractivity contribution in [1.82, 2.24) is 9.55 Å². The molecule has 0 saturated heterocycles. The maximum atomic E-state index is 10.8. The third-order valence-corrected chi connectivity index (χ3v) is 1.23. The standard InChI is InChI=1S/C6H9N3O2/c1-9-3-2-5(7-4-10)8-6(9)11/h2-3,10H,4H2,1H3,(H,7,8,11). The number of nitrogens with zero attached hydrogens (tertiary/aromatic N) is 2. The second-order valence-electron chi connectivity index (χ2n) is 2.04. The molecule has 0 aliphatic carbocycles. The van der Waals surface area contributed by atoms with Crippen molar-refractivity contribution in [2.75, 3.05) is 12.0 Å². The zero-order chi connectivity index (χ0) is 8.27. The molecule has 60 valence electrons. The maximum Gasteiger partial charge on any atom is 0.349 e. The quantitative estimate of drug-likeness (QED) is 0.545. The first kappa shape index (κ1) is 7.74. The lowest BCUT2D eigenvalue weighted by Gasteiger charge is -2.00.